The molecule has 0 aliphatic rings. The molecule has 5 rings (SSSR count). The molecule has 29 heavy (non-hydrogen) atoms. The van der Waals surface area contributed by atoms with E-state index in [-0.39, 0.29) is 0 Å². The van der Waals surface area contributed by atoms with Gasteiger partial charge in [0.1, 0.15) is 6.61 Å². The van der Waals surface area contributed by atoms with Crippen molar-refractivity contribution in [1.29, 1.82) is 0 Å². The number of para-hydroxylation sites is 1. The summed E-state index contributed by atoms with van der Waals surface area (Å²) in [5.41, 5.74) is 3.89. The lowest BCUT2D eigenvalue weighted by molar-refractivity contribution is 0.284. The van der Waals surface area contributed by atoms with Gasteiger partial charge in [-0.05, 0) is 47.3 Å². The predicted octanol–water partition coefficient (Wildman–Crippen LogP) is 5.14. The van der Waals surface area contributed by atoms with E-state index in [0.29, 0.717) is 18.1 Å². The van der Waals surface area contributed by atoms with Gasteiger partial charge in [0.05, 0.1) is 12.6 Å². The van der Waals surface area contributed by atoms with Gasteiger partial charge in [-0.15, -0.1) is 10.2 Å². The van der Waals surface area contributed by atoms with Crippen LogP contribution in [0.3, 0.4) is 0 Å². The summed E-state index contributed by atoms with van der Waals surface area (Å²) >= 11 is 0. The summed E-state index contributed by atoms with van der Waals surface area (Å²) < 4.78 is 13.6. The van der Waals surface area contributed by atoms with Crippen LogP contribution in [0.4, 0.5) is 0 Å². The Morgan fingerprint density at radius 3 is 2.48 bits per heavy atom. The number of aromatic nitrogens is 3. The van der Waals surface area contributed by atoms with Crippen molar-refractivity contribution in [3.05, 3.63) is 90.5 Å². The van der Waals surface area contributed by atoms with Gasteiger partial charge in [-0.3, -0.25) is 4.40 Å². The summed E-state index contributed by atoms with van der Waals surface area (Å²) in [6, 6.07) is 28.2. The van der Waals surface area contributed by atoms with E-state index in [1.165, 1.54) is 0 Å². The second-order valence-electron chi connectivity index (χ2n) is 6.75. The fraction of sp³-hybridized carbons (Fsp3) is 0.0833. The van der Waals surface area contributed by atoms with Crippen LogP contribution in [0.5, 0.6) is 11.5 Å². The Hall–Kier alpha value is -3.86. The standard InChI is InChI=1S/C24H19N3O2/c1-28-22-15-19(11-13-21(22)29-16-17-7-3-2-4-8-17)24-26-25-23-14-12-18-9-5-6-10-20(18)27(23)24/h2-15H,16H2,1H3. The van der Waals surface area contributed by atoms with Crippen molar-refractivity contribution in [2.24, 2.45) is 0 Å². The Morgan fingerprint density at radius 2 is 1.62 bits per heavy atom. The molecular weight excluding hydrogens is 362 g/mol. The molecule has 0 fully saturated rings. The highest BCUT2D eigenvalue weighted by atomic mass is 16.5. The van der Waals surface area contributed by atoms with Crippen LogP contribution in [0.1, 0.15) is 5.56 Å². The van der Waals surface area contributed by atoms with E-state index in [0.717, 1.165) is 33.5 Å². The van der Waals surface area contributed by atoms with Gasteiger partial charge in [-0.25, -0.2) is 0 Å². The van der Waals surface area contributed by atoms with Crippen LogP contribution in [-0.4, -0.2) is 21.7 Å². The summed E-state index contributed by atoms with van der Waals surface area (Å²) in [4.78, 5) is 0. The summed E-state index contributed by atoms with van der Waals surface area (Å²) in [7, 11) is 1.64. The van der Waals surface area contributed by atoms with Crippen molar-refractivity contribution in [2.45, 2.75) is 6.61 Å². The summed E-state index contributed by atoms with van der Waals surface area (Å²) in [6.07, 6.45) is 0. The van der Waals surface area contributed by atoms with E-state index in [9.17, 15) is 0 Å². The monoisotopic (exact) mass is 381 g/mol. The number of rotatable bonds is 5. The minimum absolute atomic E-state index is 0.481. The lowest BCUT2D eigenvalue weighted by Crippen LogP contribution is -1.98. The van der Waals surface area contributed by atoms with E-state index >= 15 is 0 Å². The van der Waals surface area contributed by atoms with Gasteiger partial charge in [0, 0.05) is 5.56 Å². The fourth-order valence-corrected chi connectivity index (χ4v) is 3.49. The third kappa shape index (κ3) is 3.17. The Kier molecular flexibility index (Phi) is 4.33. The maximum Gasteiger partial charge on any atom is 0.168 e. The number of hydrogen-bond donors (Lipinski definition) is 0. The maximum atomic E-state index is 5.98. The van der Waals surface area contributed by atoms with Gasteiger partial charge in [0.15, 0.2) is 23.0 Å². The first-order valence-corrected chi connectivity index (χ1v) is 9.41. The highest BCUT2D eigenvalue weighted by molar-refractivity contribution is 5.84. The van der Waals surface area contributed by atoms with Crippen LogP contribution in [-0.2, 0) is 6.61 Å². The Labute approximate surface area is 168 Å². The quantitative estimate of drug-likeness (QED) is 0.423. The third-order valence-corrected chi connectivity index (χ3v) is 4.94. The Balaban J connectivity index is 1.54. The zero-order valence-corrected chi connectivity index (χ0v) is 15.9. The number of benzene rings is 3. The average molecular weight is 381 g/mol. The van der Waals surface area contributed by atoms with Gasteiger partial charge in [-0.2, -0.15) is 0 Å². The number of fused-ring (bicyclic) bond motifs is 3. The van der Waals surface area contributed by atoms with Crippen molar-refractivity contribution in [3.8, 4) is 22.9 Å². The Morgan fingerprint density at radius 1 is 0.793 bits per heavy atom. The van der Waals surface area contributed by atoms with Crippen LogP contribution >= 0.6 is 0 Å². The molecule has 0 radical (unpaired) electrons. The molecule has 0 spiro atoms. The molecule has 0 aliphatic heterocycles. The number of methoxy groups -OCH3 is 1. The average Bonchev–Trinajstić information content (AvgIpc) is 3.23. The van der Waals surface area contributed by atoms with Crippen molar-refractivity contribution in [2.75, 3.05) is 7.11 Å². The number of hydrogen-bond acceptors (Lipinski definition) is 4. The zero-order valence-electron chi connectivity index (χ0n) is 15.9. The second-order valence-corrected chi connectivity index (χ2v) is 6.75. The van der Waals surface area contributed by atoms with E-state index in [1.807, 2.05) is 66.7 Å². The largest absolute Gasteiger partial charge is 0.493 e. The number of ether oxygens (including phenoxy) is 2. The van der Waals surface area contributed by atoms with Crippen LogP contribution in [0.15, 0.2) is 84.9 Å². The normalized spacial score (nSPS) is 11.1. The summed E-state index contributed by atoms with van der Waals surface area (Å²) in [5.74, 6) is 2.12. The molecule has 142 valence electrons. The molecule has 2 aromatic heterocycles. The minimum Gasteiger partial charge on any atom is -0.493 e. The van der Waals surface area contributed by atoms with Gasteiger partial charge in [0.25, 0.3) is 0 Å². The van der Waals surface area contributed by atoms with Crippen molar-refractivity contribution >= 4 is 16.6 Å². The first-order valence-electron chi connectivity index (χ1n) is 9.41. The molecule has 0 N–H and O–H groups in total. The van der Waals surface area contributed by atoms with Crippen LogP contribution in [0, 0.1) is 0 Å². The van der Waals surface area contributed by atoms with E-state index < -0.39 is 0 Å². The lowest BCUT2D eigenvalue weighted by Gasteiger charge is -2.12. The smallest absolute Gasteiger partial charge is 0.168 e. The van der Waals surface area contributed by atoms with Gasteiger partial charge < -0.3 is 9.47 Å². The fourth-order valence-electron chi connectivity index (χ4n) is 3.49. The molecule has 0 amide bonds. The second kappa shape index (κ2) is 7.28. The minimum atomic E-state index is 0.481. The molecular formula is C24H19N3O2. The van der Waals surface area contributed by atoms with E-state index in [2.05, 4.69) is 32.8 Å². The molecule has 3 aromatic carbocycles. The highest BCUT2D eigenvalue weighted by Crippen LogP contribution is 2.33. The lowest BCUT2D eigenvalue weighted by atomic mass is 10.1. The number of nitrogens with zero attached hydrogens (tertiary/aromatic N) is 3. The van der Waals surface area contributed by atoms with Crippen LogP contribution in [0.2, 0.25) is 0 Å². The van der Waals surface area contributed by atoms with Gasteiger partial charge in [-0.1, -0.05) is 48.5 Å². The summed E-state index contributed by atoms with van der Waals surface area (Å²) in [5, 5.41) is 9.91. The van der Waals surface area contributed by atoms with Crippen molar-refractivity contribution in [1.82, 2.24) is 14.6 Å². The SMILES string of the molecule is COc1cc(-c2nnc3ccc4ccccc4n23)ccc1OCc1ccccc1. The van der Waals surface area contributed by atoms with Gasteiger partial charge in [0.2, 0.25) is 0 Å². The molecule has 0 atom stereocenters. The predicted molar refractivity (Wildman–Crippen MR) is 113 cm³/mol. The molecule has 0 bridgehead atoms. The molecule has 2 heterocycles. The number of pyridine rings is 1. The van der Waals surface area contributed by atoms with Crippen LogP contribution < -0.4 is 9.47 Å². The first-order chi connectivity index (χ1) is 14.3. The molecule has 0 saturated heterocycles. The molecule has 0 aliphatic carbocycles. The Bertz CT molecular complexity index is 1300. The molecule has 5 heteroatoms. The maximum absolute atomic E-state index is 5.98. The van der Waals surface area contributed by atoms with Gasteiger partial charge >= 0.3 is 0 Å². The third-order valence-electron chi connectivity index (χ3n) is 4.94. The van der Waals surface area contributed by atoms with E-state index in [1.54, 1.807) is 7.11 Å². The topological polar surface area (TPSA) is 48.7 Å². The molecule has 5 aromatic rings. The van der Waals surface area contributed by atoms with Crippen molar-refractivity contribution in [3.63, 3.8) is 0 Å². The highest BCUT2D eigenvalue weighted by Gasteiger charge is 2.14. The molecule has 5 nitrogen and oxygen atoms in total. The molecule has 0 unspecified atom stereocenters. The molecule has 0 saturated carbocycles. The first kappa shape index (κ1) is 17.3. The zero-order chi connectivity index (χ0) is 19.6. The summed E-state index contributed by atoms with van der Waals surface area (Å²) in [6.45, 7) is 0.481. The van der Waals surface area contributed by atoms with Crippen LogP contribution in [0.25, 0.3) is 27.9 Å². The van der Waals surface area contributed by atoms with Crippen molar-refractivity contribution < 1.29 is 9.47 Å². The van der Waals surface area contributed by atoms with E-state index in [4.69, 9.17) is 9.47 Å².